The van der Waals surface area contributed by atoms with Crippen molar-refractivity contribution in [2.24, 2.45) is 23.5 Å². The predicted octanol–water partition coefficient (Wildman–Crippen LogP) is 2.81. The first-order valence-corrected chi connectivity index (χ1v) is 11.3. The zero-order valence-corrected chi connectivity index (χ0v) is 17.5. The molecule has 27 heavy (non-hydrogen) atoms. The molecule has 3 unspecified atom stereocenters. The summed E-state index contributed by atoms with van der Waals surface area (Å²) < 4.78 is 25.7. The van der Waals surface area contributed by atoms with Gasteiger partial charge in [-0.1, -0.05) is 24.6 Å². The van der Waals surface area contributed by atoms with Crippen LogP contribution in [0, 0.1) is 17.8 Å². The summed E-state index contributed by atoms with van der Waals surface area (Å²) in [6.45, 7) is 1.89. The Balaban J connectivity index is 0.00000261. The van der Waals surface area contributed by atoms with Crippen LogP contribution in [-0.4, -0.2) is 26.6 Å². The predicted molar refractivity (Wildman–Crippen MR) is 110 cm³/mol. The molecule has 2 saturated carbocycles. The number of carbonyl (C=O) groups is 1. The first-order chi connectivity index (χ1) is 12.2. The van der Waals surface area contributed by atoms with Crippen molar-refractivity contribution in [3.8, 4) is 0 Å². The van der Waals surface area contributed by atoms with E-state index >= 15 is 0 Å². The minimum absolute atomic E-state index is 0. The summed E-state index contributed by atoms with van der Waals surface area (Å²) in [6.07, 6.45) is 6.31. The molecule has 6 nitrogen and oxygen atoms in total. The van der Waals surface area contributed by atoms with Crippen LogP contribution in [0.4, 0.5) is 5.69 Å². The number of nitrogens with one attached hydrogen (secondary N) is 2. The van der Waals surface area contributed by atoms with Gasteiger partial charge in [-0.15, -0.1) is 12.4 Å². The highest BCUT2D eigenvalue weighted by atomic mass is 35.5. The number of carbonyl (C=O) groups excluding carboxylic acids is 1. The smallest absolute Gasteiger partial charge is 0.229 e. The van der Waals surface area contributed by atoms with Crippen LogP contribution in [-0.2, 0) is 14.8 Å². The fraction of sp³-hybridized carbons (Fsp3) is 0.632. The molecule has 0 radical (unpaired) electrons. The molecule has 8 heteroatoms. The minimum atomic E-state index is -3.38. The van der Waals surface area contributed by atoms with Crippen LogP contribution >= 0.6 is 12.4 Å². The summed E-state index contributed by atoms with van der Waals surface area (Å²) in [6, 6.07) is 7.13. The molecule has 1 aromatic carbocycles. The van der Waals surface area contributed by atoms with Gasteiger partial charge in [-0.3, -0.25) is 9.52 Å². The van der Waals surface area contributed by atoms with Gasteiger partial charge in [0, 0.05) is 12.0 Å². The molecule has 2 bridgehead atoms. The van der Waals surface area contributed by atoms with E-state index in [0.29, 0.717) is 17.5 Å². The topological polar surface area (TPSA) is 101 Å². The number of nitrogens with two attached hydrogens (primary N) is 1. The molecule has 1 amide bonds. The van der Waals surface area contributed by atoms with Crippen LogP contribution in [0.15, 0.2) is 24.3 Å². The number of hydrogen-bond donors (Lipinski definition) is 3. The van der Waals surface area contributed by atoms with Gasteiger partial charge in [0.2, 0.25) is 15.9 Å². The van der Waals surface area contributed by atoms with Crippen LogP contribution in [0.5, 0.6) is 0 Å². The number of amides is 1. The van der Waals surface area contributed by atoms with E-state index in [4.69, 9.17) is 5.73 Å². The van der Waals surface area contributed by atoms with Crippen molar-refractivity contribution in [3.63, 3.8) is 0 Å². The fourth-order valence-electron chi connectivity index (χ4n) is 4.58. The van der Waals surface area contributed by atoms with Gasteiger partial charge >= 0.3 is 0 Å². The van der Waals surface area contributed by atoms with E-state index in [2.05, 4.69) is 10.0 Å². The molecule has 0 aromatic heterocycles. The Morgan fingerprint density at radius 1 is 1.19 bits per heavy atom. The highest BCUT2D eigenvalue weighted by Gasteiger charge is 2.40. The van der Waals surface area contributed by atoms with Crippen molar-refractivity contribution >= 4 is 34.0 Å². The Hall–Kier alpha value is -1.31. The van der Waals surface area contributed by atoms with Crippen LogP contribution in [0.25, 0.3) is 0 Å². The van der Waals surface area contributed by atoms with Crippen molar-refractivity contribution in [1.29, 1.82) is 0 Å². The van der Waals surface area contributed by atoms with Crippen molar-refractivity contribution in [2.45, 2.75) is 51.1 Å². The average Bonchev–Trinajstić information content (AvgIpc) is 2.53. The lowest BCUT2D eigenvalue weighted by Gasteiger charge is -2.43. The van der Waals surface area contributed by atoms with Crippen LogP contribution < -0.4 is 15.8 Å². The van der Waals surface area contributed by atoms with E-state index in [1.807, 2.05) is 19.1 Å². The molecule has 0 heterocycles. The average molecular weight is 416 g/mol. The molecule has 152 valence electrons. The summed E-state index contributed by atoms with van der Waals surface area (Å²) in [7, 11) is -3.38. The second kappa shape index (κ2) is 8.80. The Morgan fingerprint density at radius 3 is 2.37 bits per heavy atom. The van der Waals surface area contributed by atoms with Gasteiger partial charge in [0.15, 0.2) is 0 Å². The number of benzene rings is 1. The highest BCUT2D eigenvalue weighted by Crippen LogP contribution is 2.42. The Kier molecular flexibility index (Phi) is 7.16. The maximum absolute atomic E-state index is 12.8. The third-order valence-electron chi connectivity index (χ3n) is 5.87. The lowest BCUT2D eigenvalue weighted by Crippen LogP contribution is -2.49. The van der Waals surface area contributed by atoms with Gasteiger partial charge in [-0.2, -0.15) is 0 Å². The summed E-state index contributed by atoms with van der Waals surface area (Å²) in [5.41, 5.74) is 7.59. The number of para-hydroxylation sites is 1. The van der Waals surface area contributed by atoms with E-state index in [9.17, 15) is 13.2 Å². The van der Waals surface area contributed by atoms with E-state index in [0.717, 1.165) is 37.5 Å². The molecular formula is C19H30ClN3O3S. The summed E-state index contributed by atoms with van der Waals surface area (Å²) in [5.74, 6) is 0.957. The number of hydrogen-bond acceptors (Lipinski definition) is 4. The van der Waals surface area contributed by atoms with Crippen LogP contribution in [0.1, 0.15) is 50.6 Å². The van der Waals surface area contributed by atoms with Crippen molar-refractivity contribution in [1.82, 2.24) is 5.32 Å². The number of fused-ring (bicyclic) bond motifs is 2. The number of sulfonamides is 1. The molecule has 4 N–H and O–H groups in total. The van der Waals surface area contributed by atoms with Gasteiger partial charge in [-0.05, 0) is 56.1 Å². The van der Waals surface area contributed by atoms with Crippen LogP contribution in [0.2, 0.25) is 0 Å². The monoisotopic (exact) mass is 415 g/mol. The number of rotatable bonds is 5. The Bertz CT molecular complexity index is 757. The summed E-state index contributed by atoms with van der Waals surface area (Å²) in [4.78, 5) is 12.8. The molecule has 0 aliphatic heterocycles. The fourth-order valence-corrected chi connectivity index (χ4v) is 5.16. The molecule has 0 spiro atoms. The molecular weight excluding hydrogens is 386 g/mol. The number of halogens is 1. The van der Waals surface area contributed by atoms with Crippen molar-refractivity contribution in [2.75, 3.05) is 11.0 Å². The lowest BCUT2D eigenvalue weighted by atomic mass is 9.65. The summed E-state index contributed by atoms with van der Waals surface area (Å²) in [5, 5.41) is 3.08. The van der Waals surface area contributed by atoms with Crippen molar-refractivity contribution < 1.29 is 13.2 Å². The number of anilines is 1. The van der Waals surface area contributed by atoms with Crippen molar-refractivity contribution in [3.05, 3.63) is 29.8 Å². The minimum Gasteiger partial charge on any atom is -0.349 e. The molecule has 2 fully saturated rings. The van der Waals surface area contributed by atoms with Crippen LogP contribution in [0.3, 0.4) is 0 Å². The van der Waals surface area contributed by atoms with Gasteiger partial charge in [0.05, 0.1) is 18.0 Å². The van der Waals surface area contributed by atoms with E-state index < -0.39 is 10.0 Å². The summed E-state index contributed by atoms with van der Waals surface area (Å²) >= 11 is 0. The quantitative estimate of drug-likeness (QED) is 0.688. The highest BCUT2D eigenvalue weighted by molar-refractivity contribution is 7.92. The Morgan fingerprint density at radius 2 is 1.78 bits per heavy atom. The van der Waals surface area contributed by atoms with E-state index in [1.54, 1.807) is 12.1 Å². The zero-order valence-electron chi connectivity index (χ0n) is 15.9. The first kappa shape index (κ1) is 22.0. The molecule has 1 aromatic rings. The normalized spacial score (nSPS) is 28.6. The molecule has 2 aliphatic carbocycles. The largest absolute Gasteiger partial charge is 0.349 e. The van der Waals surface area contributed by atoms with E-state index in [-0.39, 0.29) is 36.3 Å². The molecule has 3 rings (SSSR count). The zero-order chi connectivity index (χ0) is 18.9. The molecule has 0 saturated heterocycles. The maximum Gasteiger partial charge on any atom is 0.229 e. The lowest BCUT2D eigenvalue weighted by molar-refractivity contribution is -0.128. The molecule has 2 aliphatic rings. The third-order valence-corrected chi connectivity index (χ3v) is 6.46. The first-order valence-electron chi connectivity index (χ1n) is 9.37. The van der Waals surface area contributed by atoms with Gasteiger partial charge < -0.3 is 11.1 Å². The second-order valence-corrected chi connectivity index (χ2v) is 9.64. The molecule has 3 atom stereocenters. The standard InChI is InChI=1S/C19H29N3O3S.ClH/c1-12(16-8-3-4-9-17(16)22-26(2,24)25)21-19(23)15-10-13-6-5-7-14(11-15)18(13)20;/h3-4,8-9,12-15,18,22H,5-7,10-11,20H2,1-2H3,(H,21,23);1H. The third kappa shape index (κ3) is 5.36. The maximum atomic E-state index is 12.8. The second-order valence-electron chi connectivity index (χ2n) is 7.89. The van der Waals surface area contributed by atoms with Gasteiger partial charge in [-0.25, -0.2) is 8.42 Å². The van der Waals surface area contributed by atoms with Gasteiger partial charge in [0.25, 0.3) is 0 Å². The van der Waals surface area contributed by atoms with E-state index in [1.165, 1.54) is 6.42 Å². The Labute approximate surface area is 168 Å². The van der Waals surface area contributed by atoms with Gasteiger partial charge in [0.1, 0.15) is 0 Å². The SMILES string of the molecule is CC(NC(=O)C1CC2CCCC(C1)C2N)c1ccccc1NS(C)(=O)=O.Cl.